The zero-order valence-electron chi connectivity index (χ0n) is 14.4. The summed E-state index contributed by atoms with van der Waals surface area (Å²) in [6.45, 7) is 0. The van der Waals surface area contributed by atoms with Crippen LogP contribution in [0.15, 0.2) is 18.5 Å². The second-order valence-corrected chi connectivity index (χ2v) is 6.88. The number of primary amides is 1. The average Bonchev–Trinajstić information content (AvgIpc) is 2.81. The molecule has 0 aliphatic carbocycles. The van der Waals surface area contributed by atoms with Gasteiger partial charge < -0.3 is 20.3 Å². The van der Waals surface area contributed by atoms with Crippen molar-refractivity contribution in [2.75, 3.05) is 21.3 Å². The summed E-state index contributed by atoms with van der Waals surface area (Å²) in [7, 11) is -2.52. The predicted molar refractivity (Wildman–Crippen MR) is 85.8 cm³/mol. The van der Waals surface area contributed by atoms with Gasteiger partial charge in [-0.3, -0.25) is 9.98 Å². The molecule has 15 heteroatoms. The summed E-state index contributed by atoms with van der Waals surface area (Å²) in [6, 6.07) is -1.40. The highest BCUT2D eigenvalue weighted by Gasteiger charge is 2.81. The molecule has 5 N–H and O–H groups in total. The van der Waals surface area contributed by atoms with E-state index in [0.717, 1.165) is 19.2 Å². The van der Waals surface area contributed by atoms with Crippen LogP contribution in [0.4, 0.5) is 4.79 Å². The summed E-state index contributed by atoms with van der Waals surface area (Å²) in [6.07, 6.45) is 2.56. The third-order valence-electron chi connectivity index (χ3n) is 4.13. The number of nitrogens with two attached hydrogens (primary N) is 1. The molecule has 1 aromatic rings. The van der Waals surface area contributed by atoms with E-state index in [1.807, 2.05) is 5.43 Å². The number of carbonyl (C=O) groups is 2. The lowest BCUT2D eigenvalue weighted by atomic mass is 9.92. The lowest BCUT2D eigenvalue weighted by Crippen LogP contribution is -2.72. The number of nitrogens with one attached hydrogen (secondary N) is 1. The van der Waals surface area contributed by atoms with Crippen LogP contribution < -0.4 is 11.2 Å². The molecule has 2 amide bonds. The lowest BCUT2D eigenvalue weighted by molar-refractivity contribution is -0.215. The minimum Gasteiger partial charge on any atom is -0.479 e. The second-order valence-electron chi connectivity index (χ2n) is 5.38. The molecule has 14 nitrogen and oxygen atoms in total. The van der Waals surface area contributed by atoms with Gasteiger partial charge in [0.2, 0.25) is 0 Å². The van der Waals surface area contributed by atoms with Crippen LogP contribution in [0.2, 0.25) is 0 Å². The number of hydrogen-bond donors (Lipinski definition) is 4. The smallest absolute Gasteiger partial charge is 0.344 e. The number of likely N-dealkylation sites (N-methyl/N-ethyl adjacent to an activating group) is 1. The van der Waals surface area contributed by atoms with E-state index in [-0.39, 0.29) is 5.82 Å². The summed E-state index contributed by atoms with van der Waals surface area (Å²) in [5.41, 5.74) is 4.14. The number of rotatable bonds is 6. The molecule has 0 bridgehead atoms. The van der Waals surface area contributed by atoms with Gasteiger partial charge in [-0.1, -0.05) is 5.12 Å². The van der Waals surface area contributed by atoms with E-state index >= 15 is 0 Å². The van der Waals surface area contributed by atoms with E-state index in [1.165, 1.54) is 25.5 Å². The number of hydrazine groups is 2. The Hall–Kier alpha value is -2.43. The molecule has 2 heterocycles. The van der Waals surface area contributed by atoms with Gasteiger partial charge in [-0.15, -0.1) is 0 Å². The lowest BCUT2D eigenvalue weighted by Gasteiger charge is -2.40. The van der Waals surface area contributed by atoms with Crippen molar-refractivity contribution in [3.8, 4) is 0 Å². The minimum absolute atomic E-state index is 0.192. The van der Waals surface area contributed by atoms with E-state index in [0.29, 0.717) is 5.12 Å². The van der Waals surface area contributed by atoms with Crippen molar-refractivity contribution in [2.24, 2.45) is 5.73 Å². The van der Waals surface area contributed by atoms with E-state index in [2.05, 4.69) is 9.97 Å². The van der Waals surface area contributed by atoms with Crippen LogP contribution in [0.25, 0.3) is 0 Å². The largest absolute Gasteiger partial charge is 0.479 e. The first-order chi connectivity index (χ1) is 12.5. The molecule has 0 spiro atoms. The van der Waals surface area contributed by atoms with Crippen LogP contribution in [0, 0.1) is 0 Å². The van der Waals surface area contributed by atoms with Gasteiger partial charge in [0.1, 0.15) is 6.04 Å². The molecule has 0 radical (unpaired) electrons. The van der Waals surface area contributed by atoms with Gasteiger partial charge in [-0.2, -0.15) is 8.42 Å². The number of ether oxygens (including phenoxy) is 2. The fourth-order valence-corrected chi connectivity index (χ4v) is 4.47. The molecule has 1 aliphatic heterocycles. The Morgan fingerprint density at radius 1 is 1.30 bits per heavy atom. The van der Waals surface area contributed by atoms with E-state index in [9.17, 15) is 27.7 Å². The SMILES string of the molecule is COC1(C(=O)O)C(c2ncccn2)N(C)N(NC(N)=O)C1(OC)S(=O)(=O)O. The first-order valence-corrected chi connectivity index (χ1v) is 8.62. The highest BCUT2D eigenvalue weighted by Crippen LogP contribution is 2.53. The van der Waals surface area contributed by atoms with Gasteiger partial charge >= 0.3 is 27.2 Å². The fourth-order valence-electron chi connectivity index (χ4n) is 3.20. The fraction of sp³-hybridized carbons (Fsp3) is 0.500. The third kappa shape index (κ3) is 2.71. The molecule has 3 unspecified atom stereocenters. The number of nitrogens with zero attached hydrogens (tertiary/aromatic N) is 4. The number of carbonyl (C=O) groups excluding carboxylic acids is 1. The summed E-state index contributed by atoms with van der Waals surface area (Å²) in [4.78, 5) is 31.6. The average molecular weight is 406 g/mol. The maximum Gasteiger partial charge on any atom is 0.344 e. The van der Waals surface area contributed by atoms with Crippen molar-refractivity contribution < 1.29 is 37.1 Å². The summed E-state index contributed by atoms with van der Waals surface area (Å²) in [5, 5.41) is 8.11. The van der Waals surface area contributed by atoms with Crippen molar-refractivity contribution in [3.05, 3.63) is 24.3 Å². The molecular formula is C12H18N6O8S. The molecular weight excluding hydrogens is 388 g/mol. The first kappa shape index (κ1) is 20.9. The number of urea groups is 1. The van der Waals surface area contributed by atoms with E-state index < -0.39 is 38.8 Å². The topological polar surface area (TPSA) is 198 Å². The summed E-state index contributed by atoms with van der Waals surface area (Å²) < 4.78 is 44.8. The maximum absolute atomic E-state index is 12.4. The van der Waals surface area contributed by atoms with E-state index in [1.54, 1.807) is 0 Å². The van der Waals surface area contributed by atoms with Crippen LogP contribution in [-0.2, 0) is 24.4 Å². The van der Waals surface area contributed by atoms with Gasteiger partial charge in [-0.25, -0.2) is 24.6 Å². The van der Waals surface area contributed by atoms with Crippen molar-refractivity contribution >= 4 is 22.1 Å². The Bertz CT molecular complexity index is 838. The molecule has 0 saturated carbocycles. The Morgan fingerprint density at radius 2 is 1.85 bits per heavy atom. The van der Waals surface area contributed by atoms with Crippen LogP contribution in [0.3, 0.4) is 0 Å². The molecule has 3 atom stereocenters. The van der Waals surface area contributed by atoms with Gasteiger partial charge in [0.25, 0.3) is 5.60 Å². The zero-order chi connectivity index (χ0) is 20.6. The Balaban J connectivity index is 2.95. The Morgan fingerprint density at radius 3 is 2.22 bits per heavy atom. The van der Waals surface area contributed by atoms with E-state index in [4.69, 9.17) is 15.2 Å². The number of aromatic nitrogens is 2. The highest BCUT2D eigenvalue weighted by atomic mass is 32.2. The van der Waals surface area contributed by atoms with Crippen molar-refractivity contribution in [3.63, 3.8) is 0 Å². The zero-order valence-corrected chi connectivity index (χ0v) is 15.2. The predicted octanol–water partition coefficient (Wildman–Crippen LogP) is -2.08. The number of hydrogen-bond acceptors (Lipinski definition) is 10. The number of carboxylic acid groups (broad SMARTS) is 1. The normalized spacial score (nSPS) is 29.6. The monoisotopic (exact) mass is 406 g/mol. The van der Waals surface area contributed by atoms with Gasteiger partial charge in [0.05, 0.1) is 0 Å². The Labute approximate surface area is 153 Å². The molecule has 1 aliphatic rings. The standard InChI is InChI=1S/C12H18N6O8S/c1-17-7(8-14-5-4-6-15-8)11(25-2,9(19)20)12(26-3,27(22,23)24)18(17)16-10(13)21/h4-7H,1-3H3,(H,19,20)(H3,13,16,21)(H,22,23,24). The second kappa shape index (κ2) is 6.95. The minimum atomic E-state index is -5.42. The van der Waals surface area contributed by atoms with Crippen molar-refractivity contribution in [2.45, 2.75) is 16.7 Å². The van der Waals surface area contributed by atoms with Crippen LogP contribution in [0.5, 0.6) is 0 Å². The highest BCUT2D eigenvalue weighted by molar-refractivity contribution is 7.87. The molecule has 1 aromatic heterocycles. The molecule has 2 rings (SSSR count). The number of amides is 2. The number of carboxylic acids is 1. The molecule has 1 saturated heterocycles. The maximum atomic E-state index is 12.4. The summed E-state index contributed by atoms with van der Waals surface area (Å²) in [5.74, 6) is -2.04. The number of methoxy groups -OCH3 is 2. The Kier molecular flexibility index (Phi) is 5.37. The summed E-state index contributed by atoms with van der Waals surface area (Å²) >= 11 is 0. The van der Waals surface area contributed by atoms with Crippen LogP contribution in [-0.4, -0.2) is 82.1 Å². The molecule has 27 heavy (non-hydrogen) atoms. The number of aliphatic carboxylic acids is 1. The van der Waals surface area contributed by atoms with Crippen LogP contribution >= 0.6 is 0 Å². The quantitative estimate of drug-likeness (QED) is 0.377. The van der Waals surface area contributed by atoms with Crippen molar-refractivity contribution in [1.29, 1.82) is 0 Å². The van der Waals surface area contributed by atoms with Gasteiger partial charge in [0, 0.05) is 33.7 Å². The van der Waals surface area contributed by atoms with Gasteiger partial charge in [-0.05, 0) is 6.07 Å². The molecule has 1 fully saturated rings. The third-order valence-corrected chi connectivity index (χ3v) is 5.48. The van der Waals surface area contributed by atoms with Crippen LogP contribution in [0.1, 0.15) is 11.9 Å². The van der Waals surface area contributed by atoms with Crippen molar-refractivity contribution in [1.82, 2.24) is 25.5 Å². The molecule has 0 aromatic carbocycles. The van der Waals surface area contributed by atoms with Gasteiger partial charge in [0.15, 0.2) is 5.82 Å². The molecule has 150 valence electrons. The first-order valence-electron chi connectivity index (χ1n) is 7.18.